The Bertz CT molecular complexity index is 1440. The zero-order chi connectivity index (χ0) is 30.8. The lowest BCUT2D eigenvalue weighted by atomic mass is 9.97. The first-order chi connectivity index (χ1) is 19.6. The Balaban J connectivity index is 0.000000517. The van der Waals surface area contributed by atoms with Gasteiger partial charge in [-0.1, -0.05) is 23.2 Å². The molecule has 1 aliphatic heterocycles. The number of carbonyl (C=O) groups is 2. The van der Waals surface area contributed by atoms with Crippen LogP contribution in [0.1, 0.15) is 65.9 Å². The summed E-state index contributed by atoms with van der Waals surface area (Å²) in [4.78, 5) is 23.7. The average Bonchev–Trinajstić information content (AvgIpc) is 3.80. The molecule has 5 rings (SSSR count). The number of halogens is 6. The van der Waals surface area contributed by atoms with Gasteiger partial charge in [-0.2, -0.15) is 13.2 Å². The number of alkyl halides is 3. The number of carboxylic acids is 1. The van der Waals surface area contributed by atoms with Gasteiger partial charge in [0, 0.05) is 25.7 Å². The Hall–Kier alpha value is -2.61. The summed E-state index contributed by atoms with van der Waals surface area (Å²) in [5, 5.41) is 7.53. The molecule has 2 saturated carbocycles. The number of carbonyl (C=O) groups excluding carboxylic acids is 1. The molecule has 2 aliphatic carbocycles. The third-order valence-electron chi connectivity index (χ3n) is 7.05. The standard InChI is InChI=1S/C25H27Cl2FN2O4S.C2HF3O2/c26-22-6-3-18(12-23(22)27)34-17-7-9-30(10-8-17)14-16-11-24(28)21(13-20(16)15-1-2-15)25(31)29-35(32,33)19-4-5-19;3-2(4,5)1(6)7/h3,6,11-13,15,17,19H,1-2,4-5,7-10,14H2,(H,29,31);(H,6,7). The zero-order valence-electron chi connectivity index (χ0n) is 22.1. The lowest BCUT2D eigenvalue weighted by Crippen LogP contribution is -2.38. The minimum absolute atomic E-state index is 0.0580. The van der Waals surface area contributed by atoms with Crippen LogP contribution >= 0.6 is 23.2 Å². The van der Waals surface area contributed by atoms with Gasteiger partial charge in [-0.05, 0) is 79.8 Å². The van der Waals surface area contributed by atoms with Crippen LogP contribution in [0.25, 0.3) is 0 Å². The molecule has 0 bridgehead atoms. The molecule has 1 heterocycles. The number of benzene rings is 2. The van der Waals surface area contributed by atoms with Crippen molar-refractivity contribution in [2.45, 2.75) is 68.5 Å². The highest BCUT2D eigenvalue weighted by molar-refractivity contribution is 7.91. The lowest BCUT2D eigenvalue weighted by molar-refractivity contribution is -0.192. The summed E-state index contributed by atoms with van der Waals surface area (Å²) in [7, 11) is -3.73. The number of aliphatic carboxylic acids is 1. The number of hydrogen-bond donors (Lipinski definition) is 2. The van der Waals surface area contributed by atoms with E-state index in [2.05, 4.69) is 4.90 Å². The Kier molecular flexibility index (Phi) is 9.96. The SMILES string of the molecule is O=C(NS(=O)(=O)C1CC1)c1cc(C2CC2)c(CN2CCC(Oc3ccc(Cl)c(Cl)c3)CC2)cc1F.O=C(O)C(F)(F)F. The normalized spacial score (nSPS) is 18.1. The van der Waals surface area contributed by atoms with E-state index in [0.717, 1.165) is 49.9 Å². The van der Waals surface area contributed by atoms with E-state index in [-0.39, 0.29) is 17.6 Å². The van der Waals surface area contributed by atoms with Crippen LogP contribution in [0.5, 0.6) is 5.75 Å². The fourth-order valence-corrected chi connectivity index (χ4v) is 6.11. The highest BCUT2D eigenvalue weighted by Crippen LogP contribution is 2.43. The molecule has 2 N–H and O–H groups in total. The first kappa shape index (κ1) is 32.3. The molecule has 3 fully saturated rings. The molecule has 0 radical (unpaired) electrons. The van der Waals surface area contributed by atoms with Crippen molar-refractivity contribution in [3.63, 3.8) is 0 Å². The Morgan fingerprint density at radius 3 is 2.14 bits per heavy atom. The maximum absolute atomic E-state index is 15.0. The maximum Gasteiger partial charge on any atom is 0.490 e. The van der Waals surface area contributed by atoms with E-state index < -0.39 is 39.1 Å². The molecule has 230 valence electrons. The summed E-state index contributed by atoms with van der Waals surface area (Å²) in [5.41, 5.74) is 1.60. The summed E-state index contributed by atoms with van der Waals surface area (Å²) in [6.45, 7) is 2.16. The molecule has 1 amide bonds. The molecule has 0 spiro atoms. The van der Waals surface area contributed by atoms with Crippen LogP contribution in [0.4, 0.5) is 17.6 Å². The monoisotopic (exact) mass is 654 g/mol. The highest BCUT2D eigenvalue weighted by atomic mass is 35.5. The van der Waals surface area contributed by atoms with Gasteiger partial charge in [0.05, 0.1) is 20.9 Å². The average molecular weight is 655 g/mol. The largest absolute Gasteiger partial charge is 0.490 e. The van der Waals surface area contributed by atoms with E-state index in [4.69, 9.17) is 37.8 Å². The zero-order valence-corrected chi connectivity index (χ0v) is 24.4. The molecule has 0 atom stereocenters. The molecule has 0 unspecified atom stereocenters. The minimum atomic E-state index is -5.08. The molecule has 2 aromatic rings. The fourth-order valence-electron chi connectivity index (χ4n) is 4.53. The van der Waals surface area contributed by atoms with Gasteiger partial charge in [-0.3, -0.25) is 9.69 Å². The maximum atomic E-state index is 15.0. The van der Waals surface area contributed by atoms with Crippen LogP contribution < -0.4 is 9.46 Å². The second kappa shape index (κ2) is 12.9. The number of nitrogens with one attached hydrogen (secondary N) is 1. The number of ether oxygens (including phenoxy) is 1. The van der Waals surface area contributed by atoms with E-state index in [0.29, 0.717) is 35.2 Å². The molecule has 2 aromatic carbocycles. The number of nitrogens with zero attached hydrogens (tertiary/aromatic N) is 1. The van der Waals surface area contributed by atoms with E-state index >= 15 is 0 Å². The van der Waals surface area contributed by atoms with E-state index in [1.807, 2.05) is 4.72 Å². The number of rotatable bonds is 8. The van der Waals surface area contributed by atoms with Crippen LogP contribution in [-0.2, 0) is 21.4 Å². The number of hydrogen-bond acceptors (Lipinski definition) is 6. The van der Waals surface area contributed by atoms with Crippen molar-refractivity contribution in [2.75, 3.05) is 13.1 Å². The second-order valence-corrected chi connectivity index (χ2v) is 13.2. The molecule has 42 heavy (non-hydrogen) atoms. The molecule has 3 aliphatic rings. The second-order valence-electron chi connectivity index (χ2n) is 10.5. The third kappa shape index (κ3) is 8.71. The van der Waals surface area contributed by atoms with Crippen molar-refractivity contribution in [2.24, 2.45) is 0 Å². The van der Waals surface area contributed by atoms with Crippen LogP contribution in [0, 0.1) is 5.82 Å². The topological polar surface area (TPSA) is 113 Å². The molecular weight excluding hydrogens is 627 g/mol. The first-order valence-electron chi connectivity index (χ1n) is 13.2. The predicted octanol–water partition coefficient (Wildman–Crippen LogP) is 5.91. The van der Waals surface area contributed by atoms with Gasteiger partial charge in [0.25, 0.3) is 5.91 Å². The van der Waals surface area contributed by atoms with Crippen molar-refractivity contribution in [3.05, 3.63) is 62.9 Å². The molecule has 1 saturated heterocycles. The summed E-state index contributed by atoms with van der Waals surface area (Å²) < 4.78 is 79.1. The minimum Gasteiger partial charge on any atom is -0.490 e. The van der Waals surface area contributed by atoms with Crippen molar-refractivity contribution < 1.29 is 45.4 Å². The fraction of sp³-hybridized carbons (Fsp3) is 0.481. The van der Waals surface area contributed by atoms with Crippen LogP contribution in [0.15, 0.2) is 30.3 Å². The third-order valence-corrected chi connectivity index (χ3v) is 9.61. The highest BCUT2D eigenvalue weighted by Gasteiger charge is 2.39. The van der Waals surface area contributed by atoms with Gasteiger partial charge in [-0.15, -0.1) is 0 Å². The van der Waals surface area contributed by atoms with E-state index in [1.54, 1.807) is 24.3 Å². The van der Waals surface area contributed by atoms with Crippen LogP contribution in [0.3, 0.4) is 0 Å². The van der Waals surface area contributed by atoms with Crippen LogP contribution in [-0.4, -0.2) is 60.9 Å². The van der Waals surface area contributed by atoms with Gasteiger partial charge < -0.3 is 9.84 Å². The Morgan fingerprint density at radius 1 is 1.00 bits per heavy atom. The predicted molar refractivity (Wildman–Crippen MR) is 147 cm³/mol. The number of piperidine rings is 1. The number of likely N-dealkylation sites (tertiary alicyclic amines) is 1. The summed E-state index contributed by atoms with van der Waals surface area (Å²) in [6.07, 6.45) is -0.344. The molecule has 8 nitrogen and oxygen atoms in total. The molecule has 15 heteroatoms. The van der Waals surface area contributed by atoms with Crippen molar-refractivity contribution in [1.29, 1.82) is 0 Å². The summed E-state index contributed by atoms with van der Waals surface area (Å²) in [5.74, 6) is -3.36. The summed E-state index contributed by atoms with van der Waals surface area (Å²) in [6, 6.07) is 8.20. The molecule has 0 aromatic heterocycles. The van der Waals surface area contributed by atoms with Crippen molar-refractivity contribution >= 4 is 45.1 Å². The van der Waals surface area contributed by atoms with Gasteiger partial charge in [0.1, 0.15) is 17.7 Å². The van der Waals surface area contributed by atoms with E-state index in [9.17, 15) is 30.8 Å². The van der Waals surface area contributed by atoms with Crippen LogP contribution in [0.2, 0.25) is 10.0 Å². The first-order valence-corrected chi connectivity index (χ1v) is 15.5. The number of amides is 1. The van der Waals surface area contributed by atoms with Gasteiger partial charge in [0.2, 0.25) is 10.0 Å². The Morgan fingerprint density at radius 2 is 1.62 bits per heavy atom. The molecular formula is C27H28Cl2F4N2O6S. The van der Waals surface area contributed by atoms with Gasteiger partial charge in [0.15, 0.2) is 0 Å². The van der Waals surface area contributed by atoms with Gasteiger partial charge >= 0.3 is 12.1 Å². The smallest absolute Gasteiger partial charge is 0.490 e. The number of sulfonamides is 1. The van der Waals surface area contributed by atoms with Crippen molar-refractivity contribution in [1.82, 2.24) is 9.62 Å². The summed E-state index contributed by atoms with van der Waals surface area (Å²) >= 11 is 12.0. The van der Waals surface area contributed by atoms with Gasteiger partial charge in [-0.25, -0.2) is 22.3 Å². The lowest BCUT2D eigenvalue weighted by Gasteiger charge is -2.32. The van der Waals surface area contributed by atoms with E-state index in [1.165, 1.54) is 6.07 Å². The Labute approximate surface area is 250 Å². The van der Waals surface area contributed by atoms with Crippen molar-refractivity contribution in [3.8, 4) is 5.75 Å². The number of carboxylic acid groups (broad SMARTS) is 1. The quantitative estimate of drug-likeness (QED) is 0.340.